The van der Waals surface area contributed by atoms with Crippen molar-refractivity contribution in [1.82, 2.24) is 4.57 Å². The van der Waals surface area contributed by atoms with E-state index in [1.54, 1.807) is 24.4 Å². The van der Waals surface area contributed by atoms with Gasteiger partial charge in [-0.1, -0.05) is 0 Å². The van der Waals surface area contributed by atoms with E-state index < -0.39 is 0 Å². The number of ether oxygens (including phenoxy) is 4. The Balaban J connectivity index is 1.88. The van der Waals surface area contributed by atoms with Gasteiger partial charge in [0.05, 0.1) is 27.4 Å². The molecule has 0 fully saturated rings. The molecule has 3 rings (SSSR count). The molecule has 1 aromatic heterocycles. The molecule has 2 aromatic carbocycles. The topological polar surface area (TPSA) is 58.9 Å². The van der Waals surface area contributed by atoms with Crippen LogP contribution >= 0.6 is 0 Å². The molecule has 6 nitrogen and oxygen atoms in total. The Morgan fingerprint density at radius 2 is 1.48 bits per heavy atom. The minimum absolute atomic E-state index is 0.120. The van der Waals surface area contributed by atoms with Crippen LogP contribution in [-0.4, -0.2) is 37.8 Å². The molecule has 0 saturated heterocycles. The summed E-state index contributed by atoms with van der Waals surface area (Å²) in [5.41, 5.74) is 1.95. The predicted octanol–water partition coefficient (Wildman–Crippen LogP) is 4.52. The summed E-state index contributed by atoms with van der Waals surface area (Å²) in [6.07, 6.45) is 3.77. The highest BCUT2D eigenvalue weighted by atomic mass is 16.5. The Bertz CT molecular complexity index is 964. The lowest BCUT2D eigenvalue weighted by molar-refractivity contribution is 0.103. The molecule has 0 atom stereocenters. The zero-order valence-electron chi connectivity index (χ0n) is 17.3. The lowest BCUT2D eigenvalue weighted by Gasteiger charge is -2.13. The van der Waals surface area contributed by atoms with E-state index in [2.05, 4.69) is 0 Å². The van der Waals surface area contributed by atoms with Gasteiger partial charge in [0.15, 0.2) is 17.3 Å². The van der Waals surface area contributed by atoms with Gasteiger partial charge in [-0.3, -0.25) is 4.79 Å². The third-order valence-corrected chi connectivity index (χ3v) is 4.39. The molecule has 0 radical (unpaired) electrons. The van der Waals surface area contributed by atoms with Crippen molar-refractivity contribution in [3.63, 3.8) is 0 Å². The second-order valence-corrected chi connectivity index (χ2v) is 6.71. The number of carbonyl (C=O) groups excluding carboxylic acids is 1. The normalized spacial score (nSPS) is 10.7. The van der Waals surface area contributed by atoms with Crippen molar-refractivity contribution in [2.75, 3.05) is 21.3 Å². The SMILES string of the molecule is COc1cc(C(=O)c2ccn(-c3ccc(OC(C)C)cc3)c2)cc(OC)c1OC. The highest BCUT2D eigenvalue weighted by Gasteiger charge is 2.19. The molecule has 0 aliphatic carbocycles. The molecule has 0 spiro atoms. The molecular weight excluding hydrogens is 370 g/mol. The number of methoxy groups -OCH3 is 3. The Morgan fingerprint density at radius 1 is 0.862 bits per heavy atom. The quantitative estimate of drug-likeness (QED) is 0.525. The van der Waals surface area contributed by atoms with Gasteiger partial charge in [-0.05, 0) is 56.3 Å². The van der Waals surface area contributed by atoms with Gasteiger partial charge in [0.2, 0.25) is 5.75 Å². The summed E-state index contributed by atoms with van der Waals surface area (Å²) in [7, 11) is 4.57. The van der Waals surface area contributed by atoms with Gasteiger partial charge >= 0.3 is 0 Å². The van der Waals surface area contributed by atoms with E-state index in [4.69, 9.17) is 18.9 Å². The van der Waals surface area contributed by atoms with Crippen LogP contribution in [-0.2, 0) is 0 Å². The van der Waals surface area contributed by atoms with Crippen molar-refractivity contribution in [2.45, 2.75) is 20.0 Å². The van der Waals surface area contributed by atoms with Crippen molar-refractivity contribution >= 4 is 5.78 Å². The summed E-state index contributed by atoms with van der Waals surface area (Å²) < 4.78 is 23.6. The van der Waals surface area contributed by atoms with Crippen LogP contribution in [0.4, 0.5) is 0 Å². The number of aromatic nitrogens is 1. The lowest BCUT2D eigenvalue weighted by Crippen LogP contribution is -2.05. The van der Waals surface area contributed by atoms with E-state index in [0.29, 0.717) is 28.4 Å². The maximum absolute atomic E-state index is 13.0. The number of hydrogen-bond acceptors (Lipinski definition) is 5. The first kappa shape index (κ1) is 20.3. The molecule has 0 amide bonds. The fraction of sp³-hybridized carbons (Fsp3) is 0.261. The third kappa shape index (κ3) is 4.37. The first-order chi connectivity index (χ1) is 14.0. The minimum Gasteiger partial charge on any atom is -0.493 e. The van der Waals surface area contributed by atoms with Crippen LogP contribution in [0.3, 0.4) is 0 Å². The molecule has 6 heteroatoms. The van der Waals surface area contributed by atoms with Gasteiger partial charge in [-0.2, -0.15) is 0 Å². The van der Waals surface area contributed by atoms with Gasteiger partial charge in [-0.25, -0.2) is 0 Å². The zero-order chi connectivity index (χ0) is 21.0. The summed E-state index contributed by atoms with van der Waals surface area (Å²) in [5, 5.41) is 0. The number of carbonyl (C=O) groups is 1. The van der Waals surface area contributed by atoms with Crippen LogP contribution in [0.5, 0.6) is 23.0 Å². The van der Waals surface area contributed by atoms with Crippen LogP contribution < -0.4 is 18.9 Å². The standard InChI is InChI=1S/C23H25NO5/c1-15(2)29-19-8-6-18(7-9-19)24-11-10-16(14-24)22(25)17-12-20(26-3)23(28-5)21(13-17)27-4/h6-15H,1-5H3. The van der Waals surface area contributed by atoms with E-state index >= 15 is 0 Å². The van der Waals surface area contributed by atoms with Crippen molar-refractivity contribution < 1.29 is 23.7 Å². The Hall–Kier alpha value is -3.41. The number of rotatable bonds is 8. The minimum atomic E-state index is -0.136. The fourth-order valence-electron chi connectivity index (χ4n) is 3.04. The Labute approximate surface area is 170 Å². The average Bonchev–Trinajstić information content (AvgIpc) is 3.22. The molecular formula is C23H25NO5. The molecule has 3 aromatic rings. The monoisotopic (exact) mass is 395 g/mol. The summed E-state index contributed by atoms with van der Waals surface area (Å²) in [5.74, 6) is 2.01. The molecule has 29 heavy (non-hydrogen) atoms. The molecule has 0 N–H and O–H groups in total. The maximum atomic E-state index is 13.0. The van der Waals surface area contributed by atoms with Crippen molar-refractivity contribution in [2.24, 2.45) is 0 Å². The molecule has 0 aliphatic heterocycles. The number of hydrogen-bond donors (Lipinski definition) is 0. The number of nitrogens with zero attached hydrogens (tertiary/aromatic N) is 1. The van der Waals surface area contributed by atoms with Crippen molar-refractivity contribution in [3.8, 4) is 28.7 Å². The van der Waals surface area contributed by atoms with E-state index in [9.17, 15) is 4.79 Å². The molecule has 0 aliphatic rings. The van der Waals surface area contributed by atoms with Gasteiger partial charge in [0.25, 0.3) is 0 Å². The molecule has 1 heterocycles. The summed E-state index contributed by atoms with van der Waals surface area (Å²) in [6.45, 7) is 3.97. The lowest BCUT2D eigenvalue weighted by atomic mass is 10.0. The molecule has 0 saturated carbocycles. The Morgan fingerprint density at radius 3 is 2.00 bits per heavy atom. The van der Waals surface area contributed by atoms with Crippen LogP contribution in [0.15, 0.2) is 54.9 Å². The smallest absolute Gasteiger partial charge is 0.203 e. The summed E-state index contributed by atoms with van der Waals surface area (Å²) in [6, 6.07) is 12.8. The number of ketones is 1. The number of benzene rings is 2. The van der Waals surface area contributed by atoms with Gasteiger partial charge in [0.1, 0.15) is 5.75 Å². The predicted molar refractivity (Wildman–Crippen MR) is 111 cm³/mol. The Kier molecular flexibility index (Phi) is 6.12. The molecule has 0 bridgehead atoms. The highest BCUT2D eigenvalue weighted by molar-refractivity contribution is 6.09. The van der Waals surface area contributed by atoms with Gasteiger partial charge in [0, 0.05) is 29.2 Å². The molecule has 152 valence electrons. The van der Waals surface area contributed by atoms with E-state index in [1.807, 2.05) is 48.9 Å². The summed E-state index contributed by atoms with van der Waals surface area (Å²) >= 11 is 0. The van der Waals surface area contributed by atoms with E-state index in [0.717, 1.165) is 11.4 Å². The van der Waals surface area contributed by atoms with Crippen LogP contribution in [0.25, 0.3) is 5.69 Å². The van der Waals surface area contributed by atoms with E-state index in [-0.39, 0.29) is 11.9 Å². The van der Waals surface area contributed by atoms with Gasteiger partial charge < -0.3 is 23.5 Å². The first-order valence-electron chi connectivity index (χ1n) is 9.26. The van der Waals surface area contributed by atoms with Crippen LogP contribution in [0.2, 0.25) is 0 Å². The van der Waals surface area contributed by atoms with Crippen molar-refractivity contribution in [1.29, 1.82) is 0 Å². The summed E-state index contributed by atoms with van der Waals surface area (Å²) in [4.78, 5) is 13.0. The first-order valence-corrected chi connectivity index (χ1v) is 9.26. The van der Waals surface area contributed by atoms with E-state index in [1.165, 1.54) is 21.3 Å². The third-order valence-electron chi connectivity index (χ3n) is 4.39. The van der Waals surface area contributed by atoms with Crippen LogP contribution in [0.1, 0.15) is 29.8 Å². The average molecular weight is 395 g/mol. The van der Waals surface area contributed by atoms with Crippen LogP contribution in [0, 0.1) is 0 Å². The largest absolute Gasteiger partial charge is 0.493 e. The maximum Gasteiger partial charge on any atom is 0.203 e. The van der Waals surface area contributed by atoms with Gasteiger partial charge in [-0.15, -0.1) is 0 Å². The molecule has 0 unspecified atom stereocenters. The second kappa shape index (κ2) is 8.73. The highest BCUT2D eigenvalue weighted by Crippen LogP contribution is 2.38. The fourth-order valence-corrected chi connectivity index (χ4v) is 3.04. The second-order valence-electron chi connectivity index (χ2n) is 6.71. The van der Waals surface area contributed by atoms with Crippen molar-refractivity contribution in [3.05, 3.63) is 66.0 Å². The zero-order valence-corrected chi connectivity index (χ0v) is 17.3.